The van der Waals surface area contributed by atoms with E-state index in [0.717, 1.165) is 17.3 Å². The Labute approximate surface area is 89.4 Å². The van der Waals surface area contributed by atoms with Crippen molar-refractivity contribution in [1.29, 1.82) is 0 Å². The normalized spacial score (nSPS) is 15.9. The highest BCUT2D eigenvalue weighted by atomic mass is 32.1. The zero-order valence-corrected chi connectivity index (χ0v) is 10.0. The van der Waals surface area contributed by atoms with Crippen LogP contribution in [0.4, 0.5) is 0 Å². The van der Waals surface area contributed by atoms with Crippen LogP contribution in [0.25, 0.3) is 0 Å². The molecule has 2 atom stereocenters. The van der Waals surface area contributed by atoms with Crippen LogP contribution in [0, 0.1) is 0 Å². The van der Waals surface area contributed by atoms with Crippen molar-refractivity contribution in [3.63, 3.8) is 0 Å². The summed E-state index contributed by atoms with van der Waals surface area (Å²) >= 11 is 1.42. The van der Waals surface area contributed by atoms with E-state index < -0.39 is 0 Å². The van der Waals surface area contributed by atoms with Crippen LogP contribution in [-0.2, 0) is 0 Å². The standard InChI is InChI=1S/C10H18N2OS/c1-5-8(7(4)13)10-11-9(6(2)3)12-14-10/h6-8,13H,5H2,1-4H3. The number of hydrogen-bond donors (Lipinski definition) is 1. The summed E-state index contributed by atoms with van der Waals surface area (Å²) in [7, 11) is 0. The largest absolute Gasteiger partial charge is 0.393 e. The first kappa shape index (κ1) is 11.6. The molecule has 0 bridgehead atoms. The molecule has 1 N–H and O–H groups in total. The smallest absolute Gasteiger partial charge is 0.145 e. The number of hydrogen-bond acceptors (Lipinski definition) is 4. The maximum Gasteiger partial charge on any atom is 0.145 e. The first-order chi connectivity index (χ1) is 6.56. The quantitative estimate of drug-likeness (QED) is 0.837. The first-order valence-corrected chi connectivity index (χ1v) is 5.85. The van der Waals surface area contributed by atoms with Crippen LogP contribution in [-0.4, -0.2) is 20.6 Å². The summed E-state index contributed by atoms with van der Waals surface area (Å²) < 4.78 is 4.29. The number of aromatic nitrogens is 2. The SMILES string of the molecule is CCC(c1nc(C(C)C)ns1)C(C)O. The van der Waals surface area contributed by atoms with Crippen LogP contribution in [0.1, 0.15) is 56.8 Å². The van der Waals surface area contributed by atoms with Crippen LogP contribution >= 0.6 is 11.5 Å². The van der Waals surface area contributed by atoms with Crippen molar-refractivity contribution in [1.82, 2.24) is 9.36 Å². The van der Waals surface area contributed by atoms with E-state index in [2.05, 4.69) is 30.1 Å². The highest BCUT2D eigenvalue weighted by molar-refractivity contribution is 7.05. The molecule has 1 rings (SSSR count). The van der Waals surface area contributed by atoms with Gasteiger partial charge in [-0.3, -0.25) is 0 Å². The van der Waals surface area contributed by atoms with E-state index >= 15 is 0 Å². The first-order valence-electron chi connectivity index (χ1n) is 5.07. The van der Waals surface area contributed by atoms with Crippen LogP contribution in [0.5, 0.6) is 0 Å². The zero-order valence-electron chi connectivity index (χ0n) is 9.19. The Balaban J connectivity index is 2.84. The molecule has 0 aliphatic carbocycles. The minimum atomic E-state index is -0.340. The van der Waals surface area contributed by atoms with Gasteiger partial charge in [0.05, 0.1) is 6.10 Å². The van der Waals surface area contributed by atoms with E-state index in [1.54, 1.807) is 0 Å². The molecule has 0 saturated heterocycles. The molecule has 3 nitrogen and oxygen atoms in total. The van der Waals surface area contributed by atoms with Gasteiger partial charge in [0.2, 0.25) is 0 Å². The highest BCUT2D eigenvalue weighted by Gasteiger charge is 2.20. The molecule has 0 aromatic carbocycles. The van der Waals surface area contributed by atoms with E-state index in [0.29, 0.717) is 5.92 Å². The predicted molar refractivity (Wildman–Crippen MR) is 58.7 cm³/mol. The fraction of sp³-hybridized carbons (Fsp3) is 0.800. The molecule has 2 unspecified atom stereocenters. The molecule has 0 aliphatic rings. The Hall–Kier alpha value is -0.480. The maximum atomic E-state index is 9.55. The van der Waals surface area contributed by atoms with Crippen molar-refractivity contribution in [2.45, 2.75) is 52.1 Å². The summed E-state index contributed by atoms with van der Waals surface area (Å²) in [6, 6.07) is 0. The Kier molecular flexibility index (Phi) is 4.01. The van der Waals surface area contributed by atoms with Gasteiger partial charge in [-0.25, -0.2) is 4.98 Å². The number of aliphatic hydroxyl groups is 1. The van der Waals surface area contributed by atoms with Crippen molar-refractivity contribution in [3.8, 4) is 0 Å². The van der Waals surface area contributed by atoms with E-state index in [1.807, 2.05) is 6.92 Å². The van der Waals surface area contributed by atoms with Gasteiger partial charge in [-0.2, -0.15) is 4.37 Å². The lowest BCUT2D eigenvalue weighted by atomic mass is 10.0. The van der Waals surface area contributed by atoms with Crippen molar-refractivity contribution in [3.05, 3.63) is 10.8 Å². The molecule has 1 heterocycles. The summed E-state index contributed by atoms with van der Waals surface area (Å²) in [6.45, 7) is 8.03. The average Bonchev–Trinajstić information content (AvgIpc) is 2.53. The molecule has 0 radical (unpaired) electrons. The molecule has 0 amide bonds. The van der Waals surface area contributed by atoms with Crippen molar-refractivity contribution in [2.75, 3.05) is 0 Å². The molecule has 0 saturated carbocycles. The molecule has 1 aromatic heterocycles. The fourth-order valence-electron chi connectivity index (χ4n) is 1.35. The van der Waals surface area contributed by atoms with E-state index in [1.165, 1.54) is 11.5 Å². The Bertz CT molecular complexity index is 283. The lowest BCUT2D eigenvalue weighted by Gasteiger charge is -2.13. The Morgan fingerprint density at radius 2 is 2.00 bits per heavy atom. The third-order valence-corrected chi connectivity index (χ3v) is 3.17. The van der Waals surface area contributed by atoms with Gasteiger partial charge in [0.25, 0.3) is 0 Å². The minimum absolute atomic E-state index is 0.139. The molecule has 0 fully saturated rings. The molecule has 1 aromatic rings. The second kappa shape index (κ2) is 4.84. The molecule has 0 spiro atoms. The van der Waals surface area contributed by atoms with Crippen molar-refractivity contribution >= 4 is 11.5 Å². The van der Waals surface area contributed by atoms with Crippen molar-refractivity contribution < 1.29 is 5.11 Å². The summed E-state index contributed by atoms with van der Waals surface area (Å²) in [4.78, 5) is 4.45. The Morgan fingerprint density at radius 3 is 2.36 bits per heavy atom. The minimum Gasteiger partial charge on any atom is -0.393 e. The molecular weight excluding hydrogens is 196 g/mol. The summed E-state index contributed by atoms with van der Waals surface area (Å²) in [5.41, 5.74) is 0. The third-order valence-electron chi connectivity index (χ3n) is 2.31. The highest BCUT2D eigenvalue weighted by Crippen LogP contribution is 2.26. The molecule has 4 heteroatoms. The van der Waals surface area contributed by atoms with E-state index in [9.17, 15) is 5.11 Å². The van der Waals surface area contributed by atoms with Gasteiger partial charge in [-0.15, -0.1) is 0 Å². The molecule has 0 aliphatic heterocycles. The van der Waals surface area contributed by atoms with Gasteiger partial charge in [-0.05, 0) is 24.9 Å². The lowest BCUT2D eigenvalue weighted by molar-refractivity contribution is 0.159. The number of aliphatic hydroxyl groups excluding tert-OH is 1. The van der Waals surface area contributed by atoms with E-state index in [4.69, 9.17) is 0 Å². The molecule has 80 valence electrons. The van der Waals surface area contributed by atoms with Gasteiger partial charge >= 0.3 is 0 Å². The van der Waals surface area contributed by atoms with Gasteiger partial charge < -0.3 is 5.11 Å². The molecule has 14 heavy (non-hydrogen) atoms. The maximum absolute atomic E-state index is 9.55. The number of nitrogens with zero attached hydrogens (tertiary/aromatic N) is 2. The zero-order chi connectivity index (χ0) is 10.7. The predicted octanol–water partition coefficient (Wildman–Crippen LogP) is 2.54. The van der Waals surface area contributed by atoms with Gasteiger partial charge in [-0.1, -0.05) is 20.8 Å². The summed E-state index contributed by atoms with van der Waals surface area (Å²) in [5.74, 6) is 1.40. The molecular formula is C10H18N2OS. The monoisotopic (exact) mass is 214 g/mol. The van der Waals surface area contributed by atoms with Crippen LogP contribution in [0.2, 0.25) is 0 Å². The summed E-state index contributed by atoms with van der Waals surface area (Å²) in [6.07, 6.45) is 0.567. The average molecular weight is 214 g/mol. The summed E-state index contributed by atoms with van der Waals surface area (Å²) in [5, 5.41) is 10.5. The van der Waals surface area contributed by atoms with Gasteiger partial charge in [0.15, 0.2) is 0 Å². The Morgan fingerprint density at radius 1 is 1.36 bits per heavy atom. The van der Waals surface area contributed by atoms with Crippen LogP contribution in [0.15, 0.2) is 0 Å². The van der Waals surface area contributed by atoms with Crippen LogP contribution < -0.4 is 0 Å². The third kappa shape index (κ3) is 2.51. The topological polar surface area (TPSA) is 46.0 Å². The van der Waals surface area contributed by atoms with Gasteiger partial charge in [0, 0.05) is 11.8 Å². The van der Waals surface area contributed by atoms with E-state index in [-0.39, 0.29) is 12.0 Å². The fourth-order valence-corrected chi connectivity index (χ4v) is 2.43. The second-order valence-electron chi connectivity index (χ2n) is 3.90. The number of rotatable bonds is 4. The lowest BCUT2D eigenvalue weighted by Crippen LogP contribution is -2.13. The van der Waals surface area contributed by atoms with Crippen molar-refractivity contribution in [2.24, 2.45) is 0 Å². The van der Waals surface area contributed by atoms with Crippen LogP contribution in [0.3, 0.4) is 0 Å². The second-order valence-corrected chi connectivity index (χ2v) is 4.68. The van der Waals surface area contributed by atoms with Gasteiger partial charge in [0.1, 0.15) is 10.8 Å².